The molecule has 0 saturated carbocycles. The first-order valence-corrected chi connectivity index (χ1v) is 6.80. The van der Waals surface area contributed by atoms with E-state index >= 15 is 0 Å². The van der Waals surface area contributed by atoms with Gasteiger partial charge in [0.15, 0.2) is 5.78 Å². The van der Waals surface area contributed by atoms with Gasteiger partial charge >= 0.3 is 0 Å². The number of benzene rings is 1. The number of carboxylic acids is 1. The van der Waals surface area contributed by atoms with E-state index in [2.05, 4.69) is 0 Å². The van der Waals surface area contributed by atoms with Crippen LogP contribution in [-0.2, 0) is 16.0 Å². The van der Waals surface area contributed by atoms with Crippen LogP contribution in [0.4, 0.5) is 0 Å². The predicted molar refractivity (Wildman–Crippen MR) is 79.6 cm³/mol. The van der Waals surface area contributed by atoms with Crippen LogP contribution in [-0.4, -0.2) is 73.4 Å². The van der Waals surface area contributed by atoms with Gasteiger partial charge in [0.1, 0.15) is 24.4 Å². The number of aliphatic hydroxyl groups excluding tert-OH is 5. The van der Waals surface area contributed by atoms with Crippen molar-refractivity contribution in [2.75, 3.05) is 6.61 Å². The number of ketones is 1. The maximum absolute atomic E-state index is 11.7. The third-order valence-corrected chi connectivity index (χ3v) is 2.81. The summed E-state index contributed by atoms with van der Waals surface area (Å²) in [6, 6.07) is 8.62. The van der Waals surface area contributed by atoms with Crippen molar-refractivity contribution in [3.63, 3.8) is 0 Å². The topological polar surface area (TPSA) is 156 Å². The molecule has 8 heteroatoms. The van der Waals surface area contributed by atoms with E-state index in [-0.39, 0.29) is 6.42 Å². The molecule has 0 aromatic heterocycles. The van der Waals surface area contributed by atoms with Gasteiger partial charge < -0.3 is 30.6 Å². The summed E-state index contributed by atoms with van der Waals surface area (Å²) in [4.78, 5) is 20.7. The zero-order valence-electron chi connectivity index (χ0n) is 12.6. The Labute approximate surface area is 133 Å². The van der Waals surface area contributed by atoms with Crippen LogP contribution in [0.5, 0.6) is 0 Å². The van der Waals surface area contributed by atoms with Gasteiger partial charge in [0.2, 0.25) is 0 Å². The summed E-state index contributed by atoms with van der Waals surface area (Å²) in [5.41, 5.74) is 0.663. The molecule has 0 spiro atoms. The number of rotatable bonds is 7. The second-order valence-corrected chi connectivity index (χ2v) is 4.82. The minimum Gasteiger partial charge on any atom is -0.481 e. The summed E-state index contributed by atoms with van der Waals surface area (Å²) in [6.45, 7) is 0.303. The van der Waals surface area contributed by atoms with Crippen LogP contribution in [0.3, 0.4) is 0 Å². The van der Waals surface area contributed by atoms with Crippen molar-refractivity contribution in [1.29, 1.82) is 0 Å². The van der Waals surface area contributed by atoms with Crippen LogP contribution in [0.1, 0.15) is 12.5 Å². The Morgan fingerprint density at radius 2 is 1.48 bits per heavy atom. The Hall–Kier alpha value is -1.84. The Balaban J connectivity index is 0.00000108. The van der Waals surface area contributed by atoms with E-state index in [4.69, 9.17) is 20.1 Å². The normalized spacial score (nSPS) is 15.6. The highest BCUT2D eigenvalue weighted by atomic mass is 16.4. The van der Waals surface area contributed by atoms with Crippen LogP contribution in [0.25, 0.3) is 0 Å². The van der Waals surface area contributed by atoms with Crippen LogP contribution in [0.2, 0.25) is 0 Å². The number of aliphatic carboxylic acids is 1. The number of hydrogen-bond acceptors (Lipinski definition) is 7. The number of hydrogen-bond donors (Lipinski definition) is 6. The highest BCUT2D eigenvalue weighted by molar-refractivity contribution is 5.85. The first-order chi connectivity index (χ1) is 10.7. The molecule has 0 bridgehead atoms. The lowest BCUT2D eigenvalue weighted by Gasteiger charge is -2.24. The first kappa shape index (κ1) is 21.2. The van der Waals surface area contributed by atoms with Gasteiger partial charge in [-0.25, -0.2) is 0 Å². The molecular weight excluding hydrogens is 308 g/mol. The molecule has 8 nitrogen and oxygen atoms in total. The quantitative estimate of drug-likeness (QED) is 0.346. The average molecular weight is 330 g/mol. The Kier molecular flexibility index (Phi) is 9.95. The summed E-state index contributed by atoms with van der Waals surface area (Å²) in [5, 5.41) is 53.7. The zero-order chi connectivity index (χ0) is 18.0. The van der Waals surface area contributed by atoms with Gasteiger partial charge in [0, 0.05) is 13.3 Å². The van der Waals surface area contributed by atoms with E-state index in [1.807, 2.05) is 0 Å². The summed E-state index contributed by atoms with van der Waals surface area (Å²) in [5.74, 6) is -1.51. The second kappa shape index (κ2) is 10.8. The highest BCUT2D eigenvalue weighted by Crippen LogP contribution is 2.09. The van der Waals surface area contributed by atoms with Crippen molar-refractivity contribution in [3.05, 3.63) is 35.9 Å². The van der Waals surface area contributed by atoms with E-state index in [1.54, 1.807) is 30.3 Å². The lowest BCUT2D eigenvalue weighted by Crippen LogP contribution is -2.49. The molecule has 1 aromatic carbocycles. The molecule has 4 atom stereocenters. The van der Waals surface area contributed by atoms with Crippen molar-refractivity contribution < 1.29 is 40.2 Å². The minimum absolute atomic E-state index is 0.0962. The minimum atomic E-state index is -1.85. The molecule has 0 aliphatic rings. The molecule has 6 N–H and O–H groups in total. The third kappa shape index (κ3) is 8.38. The maximum Gasteiger partial charge on any atom is 0.300 e. The molecule has 4 unspecified atom stereocenters. The molecule has 0 aliphatic heterocycles. The van der Waals surface area contributed by atoms with Crippen molar-refractivity contribution >= 4 is 11.8 Å². The monoisotopic (exact) mass is 330 g/mol. The van der Waals surface area contributed by atoms with Crippen LogP contribution in [0.15, 0.2) is 30.3 Å². The van der Waals surface area contributed by atoms with E-state index in [1.165, 1.54) is 0 Å². The molecule has 0 radical (unpaired) electrons. The molecule has 0 fully saturated rings. The van der Waals surface area contributed by atoms with Gasteiger partial charge in [-0.3, -0.25) is 9.59 Å². The van der Waals surface area contributed by atoms with Gasteiger partial charge in [0.05, 0.1) is 6.61 Å². The molecule has 0 heterocycles. The first-order valence-electron chi connectivity index (χ1n) is 6.80. The molecule has 23 heavy (non-hydrogen) atoms. The van der Waals surface area contributed by atoms with Crippen LogP contribution in [0, 0.1) is 0 Å². The van der Waals surface area contributed by atoms with Crippen molar-refractivity contribution in [2.24, 2.45) is 0 Å². The molecule has 0 aliphatic carbocycles. The summed E-state index contributed by atoms with van der Waals surface area (Å²) >= 11 is 0. The number of carbonyl (C=O) groups excluding carboxylic acids is 1. The lowest BCUT2D eigenvalue weighted by atomic mass is 9.97. The van der Waals surface area contributed by atoms with Gasteiger partial charge in [-0.05, 0) is 5.56 Å². The fourth-order valence-electron chi connectivity index (χ4n) is 1.61. The standard InChI is InChI=1S/C13H18O6.C2H4O2/c14-7-10(16)12(18)13(19)11(17)9(15)6-8-4-2-1-3-5-8;1-2(3)4/h1-5,10-14,16-19H,6-7H2;1H3,(H,3,4). The molecule has 0 amide bonds. The SMILES string of the molecule is CC(=O)O.O=C(Cc1ccccc1)C(O)C(O)C(O)C(O)CO. The fraction of sp³-hybridized carbons (Fsp3) is 0.467. The van der Waals surface area contributed by atoms with Gasteiger partial charge in [0.25, 0.3) is 5.97 Å². The molecular formula is C15H22O8. The Morgan fingerprint density at radius 1 is 1.00 bits per heavy atom. The van der Waals surface area contributed by atoms with Crippen LogP contribution < -0.4 is 0 Å². The smallest absolute Gasteiger partial charge is 0.300 e. The van der Waals surface area contributed by atoms with E-state index in [0.717, 1.165) is 6.92 Å². The van der Waals surface area contributed by atoms with Gasteiger partial charge in [-0.1, -0.05) is 30.3 Å². The fourth-order valence-corrected chi connectivity index (χ4v) is 1.61. The van der Waals surface area contributed by atoms with Crippen molar-refractivity contribution in [3.8, 4) is 0 Å². The van der Waals surface area contributed by atoms with E-state index < -0.39 is 42.8 Å². The van der Waals surface area contributed by atoms with Crippen molar-refractivity contribution in [1.82, 2.24) is 0 Å². The number of Topliss-reactive ketones (excluding diaryl/α,β-unsaturated/α-hetero) is 1. The van der Waals surface area contributed by atoms with Gasteiger partial charge in [-0.2, -0.15) is 0 Å². The largest absolute Gasteiger partial charge is 0.481 e. The summed E-state index contributed by atoms with van der Waals surface area (Å²) in [6.07, 6.45) is -7.18. The zero-order valence-corrected chi connectivity index (χ0v) is 12.6. The van der Waals surface area contributed by atoms with E-state index in [0.29, 0.717) is 5.56 Å². The van der Waals surface area contributed by atoms with E-state index in [9.17, 15) is 20.1 Å². The third-order valence-electron chi connectivity index (χ3n) is 2.81. The highest BCUT2D eigenvalue weighted by Gasteiger charge is 2.33. The number of carbonyl (C=O) groups is 2. The molecule has 1 aromatic rings. The predicted octanol–water partition coefficient (Wildman–Crippen LogP) is -1.68. The Morgan fingerprint density at radius 3 is 1.91 bits per heavy atom. The Bertz CT molecular complexity index is 472. The van der Waals surface area contributed by atoms with Gasteiger partial charge in [-0.15, -0.1) is 0 Å². The maximum atomic E-state index is 11.7. The second-order valence-electron chi connectivity index (χ2n) is 4.82. The molecule has 1 rings (SSSR count). The summed E-state index contributed by atoms with van der Waals surface area (Å²) in [7, 11) is 0. The lowest BCUT2D eigenvalue weighted by molar-refractivity contribution is -0.146. The number of carboxylic acid groups (broad SMARTS) is 1. The summed E-state index contributed by atoms with van der Waals surface area (Å²) < 4.78 is 0. The molecule has 0 saturated heterocycles. The molecule has 130 valence electrons. The average Bonchev–Trinajstić information content (AvgIpc) is 2.52. The van der Waals surface area contributed by atoms with Crippen molar-refractivity contribution in [2.45, 2.75) is 37.8 Å². The number of aliphatic hydroxyl groups is 5. The van der Waals surface area contributed by atoms with Crippen LogP contribution >= 0.6 is 0 Å².